The number of rotatable bonds is 2. The maximum atomic E-state index is 10.8. The standard InChI is InChI=1S/C9H10ClN3O4/c10-8-2-1-5(13(16)17)9(11-8)12-3-6(14)7(15)4-12/h1-2,6-7,14-15H,3-4H2. The summed E-state index contributed by atoms with van der Waals surface area (Å²) in [4.78, 5) is 15.6. The molecule has 2 rings (SSSR count). The van der Waals surface area contributed by atoms with Crippen molar-refractivity contribution >= 4 is 23.1 Å². The van der Waals surface area contributed by atoms with Crippen LogP contribution in [0.3, 0.4) is 0 Å². The fraction of sp³-hybridized carbons (Fsp3) is 0.444. The third-order valence-corrected chi connectivity index (χ3v) is 2.79. The number of aromatic nitrogens is 1. The van der Waals surface area contributed by atoms with E-state index in [-0.39, 0.29) is 29.7 Å². The van der Waals surface area contributed by atoms with Gasteiger partial charge in [-0.15, -0.1) is 0 Å². The number of aliphatic hydroxyl groups is 2. The molecule has 0 spiro atoms. The van der Waals surface area contributed by atoms with Gasteiger partial charge in [-0.2, -0.15) is 0 Å². The van der Waals surface area contributed by atoms with Crippen LogP contribution in [0.15, 0.2) is 12.1 Å². The third-order valence-electron chi connectivity index (χ3n) is 2.58. The topological polar surface area (TPSA) is 99.7 Å². The Balaban J connectivity index is 2.37. The lowest BCUT2D eigenvalue weighted by atomic mass is 10.3. The van der Waals surface area contributed by atoms with Gasteiger partial charge in [0.05, 0.1) is 17.1 Å². The molecule has 1 aliphatic heterocycles. The van der Waals surface area contributed by atoms with Crippen LogP contribution in [0.5, 0.6) is 0 Å². The molecule has 0 aliphatic carbocycles. The summed E-state index contributed by atoms with van der Waals surface area (Å²) in [5, 5.41) is 29.8. The predicted molar refractivity (Wildman–Crippen MR) is 60.1 cm³/mol. The lowest BCUT2D eigenvalue weighted by Crippen LogP contribution is -2.23. The quantitative estimate of drug-likeness (QED) is 0.447. The normalized spacial score (nSPS) is 24.1. The first-order valence-electron chi connectivity index (χ1n) is 4.91. The Kier molecular flexibility index (Phi) is 3.14. The second-order valence-corrected chi connectivity index (χ2v) is 4.16. The molecule has 0 saturated carbocycles. The molecule has 2 N–H and O–H groups in total. The van der Waals surface area contributed by atoms with Gasteiger partial charge < -0.3 is 15.1 Å². The van der Waals surface area contributed by atoms with Gasteiger partial charge in [-0.1, -0.05) is 11.6 Å². The molecule has 8 heteroatoms. The van der Waals surface area contributed by atoms with Gasteiger partial charge in [-0.25, -0.2) is 4.98 Å². The van der Waals surface area contributed by atoms with Gasteiger partial charge in [0, 0.05) is 19.2 Å². The van der Waals surface area contributed by atoms with Crippen molar-refractivity contribution in [3.63, 3.8) is 0 Å². The van der Waals surface area contributed by atoms with Gasteiger partial charge in [-0.05, 0) is 6.07 Å². The Morgan fingerprint density at radius 2 is 2.00 bits per heavy atom. The van der Waals surface area contributed by atoms with E-state index in [1.165, 1.54) is 17.0 Å². The van der Waals surface area contributed by atoms with Crippen molar-refractivity contribution in [1.82, 2.24) is 4.98 Å². The lowest BCUT2D eigenvalue weighted by Gasteiger charge is -2.16. The fourth-order valence-corrected chi connectivity index (χ4v) is 1.88. The van der Waals surface area contributed by atoms with Gasteiger partial charge in [-0.3, -0.25) is 10.1 Å². The number of hydrogen-bond donors (Lipinski definition) is 2. The zero-order valence-electron chi connectivity index (χ0n) is 8.65. The van der Waals surface area contributed by atoms with Crippen LogP contribution >= 0.6 is 11.6 Å². The number of nitro groups is 1. The van der Waals surface area contributed by atoms with Gasteiger partial charge in [0.25, 0.3) is 0 Å². The first-order valence-corrected chi connectivity index (χ1v) is 5.29. The van der Waals surface area contributed by atoms with Crippen LogP contribution in [0.2, 0.25) is 5.15 Å². The van der Waals surface area contributed by atoms with Gasteiger partial charge in [0.2, 0.25) is 5.82 Å². The Morgan fingerprint density at radius 1 is 1.41 bits per heavy atom. The molecule has 1 fully saturated rings. The van der Waals surface area contributed by atoms with Crippen LogP contribution in [0.1, 0.15) is 0 Å². The summed E-state index contributed by atoms with van der Waals surface area (Å²) in [7, 11) is 0. The van der Waals surface area contributed by atoms with E-state index in [2.05, 4.69) is 4.98 Å². The Bertz CT molecular complexity index is 446. The Morgan fingerprint density at radius 3 is 2.53 bits per heavy atom. The fourth-order valence-electron chi connectivity index (χ4n) is 1.74. The van der Waals surface area contributed by atoms with Gasteiger partial charge in [0.15, 0.2) is 0 Å². The molecular formula is C9H10ClN3O4. The van der Waals surface area contributed by atoms with Crippen LogP contribution in [-0.2, 0) is 0 Å². The van der Waals surface area contributed by atoms with Crippen molar-refractivity contribution in [2.75, 3.05) is 18.0 Å². The molecule has 1 aromatic heterocycles. The molecule has 0 bridgehead atoms. The van der Waals surface area contributed by atoms with E-state index in [1.54, 1.807) is 0 Å². The van der Waals surface area contributed by atoms with Crippen molar-refractivity contribution in [3.05, 3.63) is 27.4 Å². The van der Waals surface area contributed by atoms with E-state index >= 15 is 0 Å². The second kappa shape index (κ2) is 4.44. The molecular weight excluding hydrogens is 250 g/mol. The summed E-state index contributed by atoms with van der Waals surface area (Å²) in [5.41, 5.74) is -0.198. The molecule has 0 aromatic carbocycles. The van der Waals surface area contributed by atoms with E-state index in [0.29, 0.717) is 0 Å². The van der Waals surface area contributed by atoms with E-state index in [0.717, 1.165) is 0 Å². The largest absolute Gasteiger partial charge is 0.389 e. The highest BCUT2D eigenvalue weighted by molar-refractivity contribution is 6.29. The van der Waals surface area contributed by atoms with Crippen LogP contribution < -0.4 is 4.90 Å². The first kappa shape index (κ1) is 12.0. The summed E-state index contributed by atoms with van der Waals surface area (Å²) in [6.07, 6.45) is -1.87. The molecule has 0 radical (unpaired) electrons. The molecule has 1 aliphatic rings. The number of pyridine rings is 1. The van der Waals surface area contributed by atoms with E-state index in [4.69, 9.17) is 11.6 Å². The zero-order valence-corrected chi connectivity index (χ0v) is 9.41. The second-order valence-electron chi connectivity index (χ2n) is 3.77. The molecule has 0 amide bonds. The summed E-state index contributed by atoms with van der Waals surface area (Å²) in [6, 6.07) is 2.58. The predicted octanol–water partition coefficient (Wildman–Crippen LogP) is 0.185. The number of nitrogens with zero attached hydrogens (tertiary/aromatic N) is 3. The Hall–Kier alpha value is -1.44. The number of β-amino-alcohol motifs (C(OH)–C–C–N with tert-alkyl or cyclic N) is 2. The van der Waals surface area contributed by atoms with Crippen molar-refractivity contribution in [2.24, 2.45) is 0 Å². The van der Waals surface area contributed by atoms with Crippen LogP contribution in [-0.4, -0.2) is 45.4 Å². The highest BCUT2D eigenvalue weighted by Gasteiger charge is 2.34. The number of halogens is 1. The average Bonchev–Trinajstić information content (AvgIpc) is 2.58. The van der Waals surface area contributed by atoms with E-state index in [1.807, 2.05) is 0 Å². The number of anilines is 1. The maximum absolute atomic E-state index is 10.8. The van der Waals surface area contributed by atoms with Gasteiger partial charge >= 0.3 is 5.69 Å². The molecule has 1 aromatic rings. The zero-order chi connectivity index (χ0) is 12.6. The molecule has 2 atom stereocenters. The minimum absolute atomic E-state index is 0.0677. The van der Waals surface area contributed by atoms with E-state index in [9.17, 15) is 20.3 Å². The summed E-state index contributed by atoms with van der Waals surface area (Å²) in [5.74, 6) is 0.0677. The highest BCUT2D eigenvalue weighted by atomic mass is 35.5. The molecule has 17 heavy (non-hydrogen) atoms. The molecule has 2 heterocycles. The van der Waals surface area contributed by atoms with Crippen molar-refractivity contribution in [3.8, 4) is 0 Å². The van der Waals surface area contributed by atoms with E-state index < -0.39 is 17.1 Å². The molecule has 7 nitrogen and oxygen atoms in total. The van der Waals surface area contributed by atoms with Crippen molar-refractivity contribution in [2.45, 2.75) is 12.2 Å². The molecule has 1 saturated heterocycles. The summed E-state index contributed by atoms with van der Waals surface area (Å²) in [6.45, 7) is 0.185. The smallest absolute Gasteiger partial charge is 0.311 e. The average molecular weight is 260 g/mol. The first-order chi connectivity index (χ1) is 7.99. The number of aliphatic hydroxyl groups excluding tert-OH is 2. The minimum Gasteiger partial charge on any atom is -0.389 e. The highest BCUT2D eigenvalue weighted by Crippen LogP contribution is 2.30. The van der Waals surface area contributed by atoms with Crippen molar-refractivity contribution in [1.29, 1.82) is 0 Å². The minimum atomic E-state index is -0.935. The maximum Gasteiger partial charge on any atom is 0.311 e. The monoisotopic (exact) mass is 259 g/mol. The molecule has 2 unspecified atom stereocenters. The van der Waals surface area contributed by atoms with Crippen LogP contribution in [0.25, 0.3) is 0 Å². The van der Waals surface area contributed by atoms with Crippen LogP contribution in [0.4, 0.5) is 11.5 Å². The molecule has 92 valence electrons. The summed E-state index contributed by atoms with van der Waals surface area (Å²) >= 11 is 5.69. The number of hydrogen-bond acceptors (Lipinski definition) is 6. The lowest BCUT2D eigenvalue weighted by molar-refractivity contribution is -0.384. The SMILES string of the molecule is O=[N+]([O-])c1ccc(Cl)nc1N1CC(O)C(O)C1. The third kappa shape index (κ3) is 2.31. The van der Waals surface area contributed by atoms with Crippen LogP contribution in [0, 0.1) is 10.1 Å². The summed E-state index contributed by atoms with van der Waals surface area (Å²) < 4.78 is 0. The van der Waals surface area contributed by atoms with Gasteiger partial charge in [0.1, 0.15) is 5.15 Å². The Labute approximate surface area is 101 Å². The van der Waals surface area contributed by atoms with Crippen molar-refractivity contribution < 1.29 is 15.1 Å².